The summed E-state index contributed by atoms with van der Waals surface area (Å²) < 4.78 is 59.5. The highest BCUT2D eigenvalue weighted by Gasteiger charge is 2.48. The van der Waals surface area contributed by atoms with Crippen LogP contribution in [0.1, 0.15) is 245 Å². The van der Waals surface area contributed by atoms with Crippen LogP contribution < -0.4 is 0 Å². The first-order valence-corrected chi connectivity index (χ1v) is 32.4. The van der Waals surface area contributed by atoms with Crippen LogP contribution in [-0.4, -0.2) is 97.5 Å². The van der Waals surface area contributed by atoms with Crippen LogP contribution in [0.25, 0.3) is 0 Å². The molecule has 4 N–H and O–H groups in total. The van der Waals surface area contributed by atoms with Gasteiger partial charge < -0.3 is 34.3 Å². The molecule has 0 aliphatic carbocycles. The number of rotatable bonds is 54. The topological polar surface area (TPSA) is 178 Å². The second-order valence-electron chi connectivity index (χ2n) is 20.9. The SMILES string of the molecule is CC/C=C\C/C=C\C/C=C\C/C=C\C/C=C\CCCCCCCCCCCC(=O)OC(COCCCCCCCCCCCCC/C=C\C/C=C\C/C=C\CCCCCCC)COC1OC(CO)C(O)C(OS(=O)(=O)O)C1O. The van der Waals surface area contributed by atoms with Crippen LogP contribution in [0.5, 0.6) is 0 Å². The maximum Gasteiger partial charge on any atom is 0.397 e. The van der Waals surface area contributed by atoms with E-state index in [-0.39, 0.29) is 19.6 Å². The standard InChI is InChI=1S/C65H112O12S/c1-3-5-7-9-11-13-15-17-19-21-23-25-27-29-31-33-35-37-39-41-43-45-47-49-51-53-55-73-57-59(58-74-65-63(69)64(77-78(70,71)72)62(68)60(56-66)76-65)75-61(67)54-52-50-48-46-44-42-40-38-36-34-32-30-28-26-24-22-20-18-16-14-12-10-8-6-4-2/h6,8,12,14-15,17-18,20-21,23-24,26-27,29-30,32,59-60,62-66,68-69H,3-5,7,9-11,13,16,19,22,25,28,31,33-58H2,1-2H3,(H,70,71,72)/b8-6-,14-12-,17-15-,20-18-,23-21-,26-24-,29-27-,32-30-. The van der Waals surface area contributed by atoms with Crippen molar-refractivity contribution in [2.24, 2.45) is 0 Å². The fourth-order valence-electron chi connectivity index (χ4n) is 9.06. The highest BCUT2D eigenvalue weighted by atomic mass is 32.3. The molecule has 0 saturated carbocycles. The zero-order valence-electron chi connectivity index (χ0n) is 48.9. The number of unbranched alkanes of at least 4 members (excludes halogenated alkanes) is 25. The van der Waals surface area contributed by atoms with Gasteiger partial charge in [-0.1, -0.05) is 239 Å². The van der Waals surface area contributed by atoms with Crippen molar-refractivity contribution in [1.29, 1.82) is 0 Å². The molecule has 0 spiro atoms. The summed E-state index contributed by atoms with van der Waals surface area (Å²) in [4.78, 5) is 13.0. The van der Waals surface area contributed by atoms with Crippen LogP contribution in [0, 0.1) is 0 Å². The number of aliphatic hydroxyl groups is 3. The summed E-state index contributed by atoms with van der Waals surface area (Å²) in [6, 6.07) is 0. The Morgan fingerprint density at radius 3 is 1.29 bits per heavy atom. The molecule has 6 atom stereocenters. The van der Waals surface area contributed by atoms with Gasteiger partial charge in [-0.2, -0.15) is 8.42 Å². The van der Waals surface area contributed by atoms with Crippen molar-refractivity contribution >= 4 is 16.4 Å². The van der Waals surface area contributed by atoms with E-state index in [2.05, 4.69) is 115 Å². The van der Waals surface area contributed by atoms with Crippen molar-refractivity contribution < 1.29 is 56.2 Å². The zero-order chi connectivity index (χ0) is 56.7. The lowest BCUT2D eigenvalue weighted by molar-refractivity contribution is -0.301. The Labute approximate surface area is 476 Å². The summed E-state index contributed by atoms with van der Waals surface area (Å²) in [5.74, 6) is -0.408. The molecule has 1 aliphatic heterocycles. The molecule has 6 unspecified atom stereocenters. The van der Waals surface area contributed by atoms with Crippen LogP contribution >= 0.6 is 0 Å². The molecule has 78 heavy (non-hydrogen) atoms. The molecule has 0 bridgehead atoms. The van der Waals surface area contributed by atoms with E-state index in [1.54, 1.807) is 0 Å². The third kappa shape index (κ3) is 46.7. The van der Waals surface area contributed by atoms with E-state index < -0.39 is 59.8 Å². The molecule has 1 heterocycles. The molecule has 450 valence electrons. The first-order chi connectivity index (χ1) is 38.1. The van der Waals surface area contributed by atoms with E-state index in [1.807, 2.05) is 0 Å². The average Bonchev–Trinajstić information content (AvgIpc) is 3.46. The second-order valence-corrected chi connectivity index (χ2v) is 22.0. The van der Waals surface area contributed by atoms with Gasteiger partial charge in [0, 0.05) is 13.0 Å². The minimum absolute atomic E-state index is 0.0267. The first kappa shape index (κ1) is 73.0. The monoisotopic (exact) mass is 1120 g/mol. The number of esters is 1. The number of hydrogen-bond acceptors (Lipinski definition) is 11. The van der Waals surface area contributed by atoms with Crippen LogP contribution in [0.4, 0.5) is 0 Å². The predicted molar refractivity (Wildman–Crippen MR) is 322 cm³/mol. The molecular weight excluding hydrogens is 1000 g/mol. The van der Waals surface area contributed by atoms with Gasteiger partial charge in [0.15, 0.2) is 6.29 Å². The van der Waals surface area contributed by atoms with Crippen LogP contribution in [0.15, 0.2) is 97.2 Å². The third-order valence-corrected chi connectivity index (χ3v) is 14.2. The maximum atomic E-state index is 13.0. The highest BCUT2D eigenvalue weighted by molar-refractivity contribution is 7.80. The number of ether oxygens (including phenoxy) is 4. The van der Waals surface area contributed by atoms with Crippen LogP contribution in [0.3, 0.4) is 0 Å². The molecule has 1 fully saturated rings. The van der Waals surface area contributed by atoms with Gasteiger partial charge in [-0.15, -0.1) is 0 Å². The fraction of sp³-hybridized carbons (Fsp3) is 0.738. The number of carbonyl (C=O) groups excluding carboxylic acids is 1. The van der Waals surface area contributed by atoms with Gasteiger partial charge in [0.25, 0.3) is 0 Å². The summed E-state index contributed by atoms with van der Waals surface area (Å²) in [5, 5.41) is 30.9. The Kier molecular flexibility index (Phi) is 51.1. The Morgan fingerprint density at radius 1 is 0.500 bits per heavy atom. The lowest BCUT2D eigenvalue weighted by Gasteiger charge is -2.41. The number of aliphatic hydroxyl groups excluding tert-OH is 3. The summed E-state index contributed by atoms with van der Waals surface area (Å²) in [6.07, 6.45) is 67.3. The first-order valence-electron chi connectivity index (χ1n) is 31.0. The van der Waals surface area contributed by atoms with Crippen molar-refractivity contribution in [2.45, 2.75) is 282 Å². The Balaban J connectivity index is 2.28. The average molecular weight is 1120 g/mol. The third-order valence-electron chi connectivity index (χ3n) is 13.7. The van der Waals surface area contributed by atoms with Gasteiger partial charge in [0.1, 0.15) is 30.5 Å². The molecule has 1 aliphatic rings. The lowest BCUT2D eigenvalue weighted by atomic mass is 9.99. The van der Waals surface area contributed by atoms with Gasteiger partial charge in [-0.3, -0.25) is 9.35 Å². The summed E-state index contributed by atoms with van der Waals surface area (Å²) in [5.41, 5.74) is 0. The molecule has 1 rings (SSSR count). The number of hydrogen-bond donors (Lipinski definition) is 4. The van der Waals surface area contributed by atoms with Crippen LogP contribution in [0.2, 0.25) is 0 Å². The molecule has 0 aromatic carbocycles. The molecule has 12 nitrogen and oxygen atoms in total. The van der Waals surface area contributed by atoms with E-state index in [9.17, 15) is 33.1 Å². The largest absolute Gasteiger partial charge is 0.457 e. The molecule has 0 radical (unpaired) electrons. The minimum Gasteiger partial charge on any atom is -0.457 e. The van der Waals surface area contributed by atoms with Crippen molar-refractivity contribution in [1.82, 2.24) is 0 Å². The van der Waals surface area contributed by atoms with E-state index in [0.717, 1.165) is 89.9 Å². The van der Waals surface area contributed by atoms with Crippen LogP contribution in [-0.2, 0) is 38.3 Å². The maximum absolute atomic E-state index is 13.0. The molecule has 13 heteroatoms. The molecular formula is C65H112O12S. The summed E-state index contributed by atoms with van der Waals surface area (Å²) >= 11 is 0. The van der Waals surface area contributed by atoms with Crippen molar-refractivity contribution in [3.05, 3.63) is 97.2 Å². The van der Waals surface area contributed by atoms with Crippen molar-refractivity contribution in [3.63, 3.8) is 0 Å². The smallest absolute Gasteiger partial charge is 0.397 e. The highest BCUT2D eigenvalue weighted by Crippen LogP contribution is 2.26. The second kappa shape index (κ2) is 54.6. The number of carbonyl (C=O) groups is 1. The van der Waals surface area contributed by atoms with Gasteiger partial charge >= 0.3 is 16.4 Å². The Morgan fingerprint density at radius 2 is 0.885 bits per heavy atom. The van der Waals surface area contributed by atoms with E-state index in [4.69, 9.17) is 18.9 Å². The van der Waals surface area contributed by atoms with Gasteiger partial charge in [0.05, 0.1) is 19.8 Å². The quantitative estimate of drug-likeness (QED) is 0.0196. The van der Waals surface area contributed by atoms with Gasteiger partial charge in [-0.25, -0.2) is 4.18 Å². The fourth-order valence-corrected chi connectivity index (χ4v) is 9.57. The lowest BCUT2D eigenvalue weighted by Crippen LogP contribution is -2.60. The van der Waals surface area contributed by atoms with E-state index in [0.29, 0.717) is 13.0 Å². The Bertz CT molecular complexity index is 1720. The predicted octanol–water partition coefficient (Wildman–Crippen LogP) is 16.1. The molecule has 0 aromatic rings. The van der Waals surface area contributed by atoms with E-state index in [1.165, 1.54) is 128 Å². The van der Waals surface area contributed by atoms with Gasteiger partial charge in [0.2, 0.25) is 0 Å². The zero-order valence-corrected chi connectivity index (χ0v) is 49.8. The molecule has 0 aromatic heterocycles. The minimum atomic E-state index is -5.08. The molecule has 1 saturated heterocycles. The van der Waals surface area contributed by atoms with Crippen molar-refractivity contribution in [3.8, 4) is 0 Å². The van der Waals surface area contributed by atoms with Crippen molar-refractivity contribution in [2.75, 3.05) is 26.4 Å². The van der Waals surface area contributed by atoms with Gasteiger partial charge in [-0.05, 0) is 96.3 Å². The molecule has 0 amide bonds. The summed E-state index contributed by atoms with van der Waals surface area (Å²) in [7, 11) is -5.08. The Hall–Kier alpha value is -2.98. The number of allylic oxidation sites excluding steroid dienone is 16. The normalized spacial score (nSPS) is 19.1. The summed E-state index contributed by atoms with van der Waals surface area (Å²) in [6.45, 7) is 3.87. The van der Waals surface area contributed by atoms with E-state index >= 15 is 0 Å².